The van der Waals surface area contributed by atoms with Crippen LogP contribution in [0.5, 0.6) is 0 Å². The molecular weight excluding hydrogens is 124 g/mol. The van der Waals surface area contributed by atoms with Crippen molar-refractivity contribution < 1.29 is 0 Å². The summed E-state index contributed by atoms with van der Waals surface area (Å²) in [6.07, 6.45) is 2.12. The Hall–Kier alpha value is -0.790. The van der Waals surface area contributed by atoms with Crippen molar-refractivity contribution in [3.8, 4) is 0 Å². The van der Waals surface area contributed by atoms with Crippen molar-refractivity contribution in [2.75, 3.05) is 0 Å². The third kappa shape index (κ3) is 1.59. The second-order valence-electron chi connectivity index (χ2n) is 3.30. The normalized spacial score (nSPS) is 22.8. The molecule has 2 nitrogen and oxygen atoms in total. The van der Waals surface area contributed by atoms with Crippen LogP contribution in [0.1, 0.15) is 27.7 Å². The van der Waals surface area contributed by atoms with Crippen LogP contribution >= 0.6 is 0 Å². The first-order valence-corrected chi connectivity index (χ1v) is 3.52. The van der Waals surface area contributed by atoms with Gasteiger partial charge in [-0.2, -0.15) is 0 Å². The Labute approximate surface area is 62.0 Å². The molecule has 0 aromatic heterocycles. The maximum Gasteiger partial charge on any atom is 0.0983 e. The predicted molar refractivity (Wildman–Crippen MR) is 44.1 cm³/mol. The first-order chi connectivity index (χ1) is 4.49. The highest BCUT2D eigenvalue weighted by atomic mass is 15.0. The van der Waals surface area contributed by atoms with Crippen LogP contribution in [0.25, 0.3) is 0 Å². The summed E-state index contributed by atoms with van der Waals surface area (Å²) in [4.78, 5) is 4.39. The van der Waals surface area contributed by atoms with E-state index in [1.54, 1.807) is 0 Å². The molecule has 0 aromatic rings. The third-order valence-corrected chi connectivity index (χ3v) is 1.40. The molecule has 1 aliphatic heterocycles. The lowest BCUT2D eigenvalue weighted by Gasteiger charge is -2.23. The number of nitrogens with zero attached hydrogens (tertiary/aromatic N) is 1. The lowest BCUT2D eigenvalue weighted by atomic mass is 10.0. The molecule has 0 aliphatic carbocycles. The molecule has 1 aliphatic rings. The molecule has 56 valence electrons. The number of allylic oxidation sites excluding steroid dienone is 1. The van der Waals surface area contributed by atoms with Crippen molar-refractivity contribution in [2.24, 2.45) is 4.99 Å². The summed E-state index contributed by atoms with van der Waals surface area (Å²) < 4.78 is 0. The molecule has 0 fully saturated rings. The van der Waals surface area contributed by atoms with Gasteiger partial charge in [-0.3, -0.25) is 4.99 Å². The number of nitrogens with one attached hydrogen (secondary N) is 1. The number of hydrogen-bond donors (Lipinski definition) is 1. The zero-order valence-corrected chi connectivity index (χ0v) is 7.02. The van der Waals surface area contributed by atoms with Crippen LogP contribution in [0.3, 0.4) is 0 Å². The maximum atomic E-state index is 4.39. The summed E-state index contributed by atoms with van der Waals surface area (Å²) >= 11 is 0. The van der Waals surface area contributed by atoms with Gasteiger partial charge in [0, 0.05) is 5.70 Å². The molecule has 0 aromatic carbocycles. The molecule has 0 atom stereocenters. The molecule has 2 heteroatoms. The Morgan fingerprint density at radius 3 is 2.40 bits per heavy atom. The molecule has 0 unspecified atom stereocenters. The second-order valence-corrected chi connectivity index (χ2v) is 3.30. The first kappa shape index (κ1) is 7.32. The Balaban J connectivity index is 2.88. The Morgan fingerprint density at radius 2 is 2.00 bits per heavy atom. The van der Waals surface area contributed by atoms with E-state index in [1.807, 2.05) is 6.92 Å². The van der Waals surface area contributed by atoms with E-state index in [9.17, 15) is 0 Å². The molecule has 1 N–H and O–H groups in total. The summed E-state index contributed by atoms with van der Waals surface area (Å²) in [6, 6.07) is 0. The van der Waals surface area contributed by atoms with E-state index < -0.39 is 0 Å². The van der Waals surface area contributed by atoms with Gasteiger partial charge < -0.3 is 5.32 Å². The van der Waals surface area contributed by atoms with Crippen LogP contribution in [-0.4, -0.2) is 11.4 Å². The first-order valence-electron chi connectivity index (χ1n) is 3.52. The van der Waals surface area contributed by atoms with Gasteiger partial charge >= 0.3 is 0 Å². The van der Waals surface area contributed by atoms with E-state index in [0.717, 1.165) is 5.84 Å². The van der Waals surface area contributed by atoms with Gasteiger partial charge in [-0.25, -0.2) is 0 Å². The Kier molecular flexibility index (Phi) is 1.55. The van der Waals surface area contributed by atoms with Gasteiger partial charge in [0.2, 0.25) is 0 Å². The van der Waals surface area contributed by atoms with Gasteiger partial charge in [0.25, 0.3) is 0 Å². The highest BCUT2D eigenvalue weighted by Crippen LogP contribution is 2.16. The van der Waals surface area contributed by atoms with Crippen LogP contribution in [0.15, 0.2) is 16.8 Å². The van der Waals surface area contributed by atoms with Gasteiger partial charge in [-0.05, 0) is 33.8 Å². The van der Waals surface area contributed by atoms with Crippen LogP contribution in [0, 0.1) is 0 Å². The molecule has 0 amide bonds. The molecule has 1 heterocycles. The monoisotopic (exact) mass is 138 g/mol. The molecule has 10 heavy (non-hydrogen) atoms. The number of aliphatic imine (C=N–C) groups is 1. The summed E-state index contributed by atoms with van der Waals surface area (Å²) in [7, 11) is 0. The fraction of sp³-hybridized carbons (Fsp3) is 0.625. The number of rotatable bonds is 0. The van der Waals surface area contributed by atoms with E-state index >= 15 is 0 Å². The van der Waals surface area contributed by atoms with Crippen LogP contribution < -0.4 is 5.32 Å². The minimum atomic E-state index is -0.0145. The summed E-state index contributed by atoms with van der Waals surface area (Å²) in [5.74, 6) is 1.00. The van der Waals surface area contributed by atoms with Crippen molar-refractivity contribution in [1.82, 2.24) is 5.32 Å². The van der Waals surface area contributed by atoms with Crippen molar-refractivity contribution in [3.05, 3.63) is 11.8 Å². The standard InChI is InChI=1S/C8H14N2/c1-6-5-8(3,4)10-7(2)9-6/h5H,1-4H3,(H,9,10). The predicted octanol–water partition coefficient (Wildman–Crippen LogP) is 1.69. The summed E-state index contributed by atoms with van der Waals surface area (Å²) in [5.41, 5.74) is 1.18. The van der Waals surface area contributed by atoms with Gasteiger partial charge in [-0.15, -0.1) is 0 Å². The topological polar surface area (TPSA) is 24.4 Å². The van der Waals surface area contributed by atoms with Gasteiger partial charge in [0.05, 0.1) is 11.4 Å². The van der Waals surface area contributed by atoms with Crippen molar-refractivity contribution in [2.45, 2.75) is 33.2 Å². The van der Waals surface area contributed by atoms with Crippen LogP contribution in [-0.2, 0) is 0 Å². The lowest BCUT2D eigenvalue weighted by molar-refractivity contribution is 0.631. The fourth-order valence-electron chi connectivity index (χ4n) is 1.34. The summed E-state index contributed by atoms with van der Waals surface area (Å²) in [6.45, 7) is 8.24. The van der Waals surface area contributed by atoms with Gasteiger partial charge in [0.1, 0.15) is 0 Å². The van der Waals surface area contributed by atoms with Crippen LogP contribution in [0.4, 0.5) is 0 Å². The highest BCUT2D eigenvalue weighted by Gasteiger charge is 2.16. The van der Waals surface area contributed by atoms with E-state index in [4.69, 9.17) is 0 Å². The molecule has 1 rings (SSSR count). The molecular formula is C8H14N2. The van der Waals surface area contributed by atoms with Gasteiger partial charge in [-0.1, -0.05) is 0 Å². The molecule has 0 bridgehead atoms. The van der Waals surface area contributed by atoms with E-state index in [2.05, 4.69) is 37.2 Å². The maximum absolute atomic E-state index is 4.39. The number of amidine groups is 1. The third-order valence-electron chi connectivity index (χ3n) is 1.40. The minimum absolute atomic E-state index is 0.0145. The smallest absolute Gasteiger partial charge is 0.0983 e. The lowest BCUT2D eigenvalue weighted by Crippen LogP contribution is -2.30. The second kappa shape index (κ2) is 2.11. The minimum Gasteiger partial charge on any atom is -0.348 e. The van der Waals surface area contributed by atoms with Crippen LogP contribution in [0.2, 0.25) is 0 Å². The zero-order valence-electron chi connectivity index (χ0n) is 7.02. The molecule has 0 saturated heterocycles. The number of hydrogen-bond acceptors (Lipinski definition) is 2. The average Bonchev–Trinajstić information content (AvgIpc) is 1.54. The summed E-state index contributed by atoms with van der Waals surface area (Å²) in [5, 5.41) is 3.15. The SMILES string of the molecule is CC1=CC(C)(C)N=C(C)N1. The fourth-order valence-corrected chi connectivity index (χ4v) is 1.34. The Morgan fingerprint density at radius 1 is 1.40 bits per heavy atom. The highest BCUT2D eigenvalue weighted by molar-refractivity contribution is 5.82. The van der Waals surface area contributed by atoms with Crippen molar-refractivity contribution in [1.29, 1.82) is 0 Å². The van der Waals surface area contributed by atoms with Crippen molar-refractivity contribution in [3.63, 3.8) is 0 Å². The quantitative estimate of drug-likeness (QED) is 0.541. The zero-order chi connectivity index (χ0) is 7.78. The van der Waals surface area contributed by atoms with E-state index in [-0.39, 0.29) is 5.54 Å². The molecule has 0 radical (unpaired) electrons. The van der Waals surface area contributed by atoms with E-state index in [0.29, 0.717) is 0 Å². The largest absolute Gasteiger partial charge is 0.348 e. The molecule has 0 spiro atoms. The van der Waals surface area contributed by atoms with Gasteiger partial charge in [0.15, 0.2) is 0 Å². The van der Waals surface area contributed by atoms with E-state index in [1.165, 1.54) is 5.70 Å². The van der Waals surface area contributed by atoms with Crippen molar-refractivity contribution >= 4 is 5.84 Å². The Bertz CT molecular complexity index is 179. The molecule has 0 saturated carbocycles. The average molecular weight is 138 g/mol.